The first-order valence-electron chi connectivity index (χ1n) is 14.5. The first-order chi connectivity index (χ1) is 20.0. The average molecular weight is 578 g/mol. The van der Waals surface area contributed by atoms with Crippen molar-refractivity contribution in [3.8, 4) is 17.1 Å². The van der Waals surface area contributed by atoms with Crippen molar-refractivity contribution in [2.24, 2.45) is 23.5 Å². The number of piperidine rings is 1. The number of fused-ring (bicyclic) bond motifs is 3. The van der Waals surface area contributed by atoms with E-state index in [1.807, 2.05) is 0 Å². The van der Waals surface area contributed by atoms with E-state index in [4.69, 9.17) is 31.8 Å². The third-order valence-electron chi connectivity index (χ3n) is 9.40. The molecule has 2 bridgehead atoms. The number of aromatic amines is 1. The number of hydrogen-bond acceptors (Lipinski definition) is 8. The zero-order valence-corrected chi connectivity index (χ0v) is 23.9. The molecule has 3 aromatic rings. The molecular weight excluding hydrogens is 542 g/mol. The summed E-state index contributed by atoms with van der Waals surface area (Å²) in [4.78, 5) is 30.0. The van der Waals surface area contributed by atoms with Crippen LogP contribution in [0.1, 0.15) is 19.3 Å². The topological polar surface area (TPSA) is 122 Å². The number of nitrogens with one attached hydrogen (secondary N) is 2. The van der Waals surface area contributed by atoms with E-state index in [9.17, 15) is 4.79 Å². The van der Waals surface area contributed by atoms with E-state index < -0.39 is 0 Å². The maximum atomic E-state index is 12.3. The van der Waals surface area contributed by atoms with Gasteiger partial charge in [0.15, 0.2) is 5.65 Å². The van der Waals surface area contributed by atoms with Gasteiger partial charge in [-0.15, -0.1) is 0 Å². The molecule has 0 unspecified atom stereocenters. The number of methoxy groups -OCH3 is 1. The van der Waals surface area contributed by atoms with Crippen LogP contribution in [0.4, 0.5) is 11.4 Å². The van der Waals surface area contributed by atoms with Gasteiger partial charge in [-0.25, -0.2) is 9.97 Å². The molecule has 10 nitrogen and oxygen atoms in total. The Morgan fingerprint density at radius 1 is 1.17 bits per heavy atom. The molecular formula is C30H36ClN7O3. The maximum Gasteiger partial charge on any atom is 0.223 e. The van der Waals surface area contributed by atoms with Gasteiger partial charge in [0.1, 0.15) is 17.1 Å². The van der Waals surface area contributed by atoms with Gasteiger partial charge in [0.2, 0.25) is 5.91 Å². The smallest absolute Gasteiger partial charge is 0.223 e. The highest BCUT2D eigenvalue weighted by atomic mass is 35.5. The number of nitrogens with zero attached hydrogens (tertiary/aromatic N) is 4. The summed E-state index contributed by atoms with van der Waals surface area (Å²) in [5, 5.41) is 4.01. The number of amides is 1. The number of rotatable bonds is 7. The minimum Gasteiger partial charge on any atom is -0.496 e. The van der Waals surface area contributed by atoms with Crippen LogP contribution in [-0.2, 0) is 9.53 Å². The molecule has 1 saturated carbocycles. The van der Waals surface area contributed by atoms with Crippen LogP contribution in [0.3, 0.4) is 0 Å². The number of morpholine rings is 1. The van der Waals surface area contributed by atoms with Crippen LogP contribution in [0.15, 0.2) is 36.5 Å². The Morgan fingerprint density at radius 3 is 2.71 bits per heavy atom. The summed E-state index contributed by atoms with van der Waals surface area (Å²) in [5.74, 6) is 1.21. The molecule has 4 N–H and O–H groups in total. The molecule has 11 heteroatoms. The van der Waals surface area contributed by atoms with Crippen molar-refractivity contribution in [1.82, 2.24) is 19.9 Å². The zero-order valence-electron chi connectivity index (χ0n) is 23.2. The number of nitrogens with two attached hydrogens (primary N) is 1. The van der Waals surface area contributed by atoms with Crippen LogP contribution < -0.4 is 20.7 Å². The number of pyridine rings is 1. The van der Waals surface area contributed by atoms with Crippen LogP contribution in [0.2, 0.25) is 5.02 Å². The highest BCUT2D eigenvalue weighted by Crippen LogP contribution is 2.46. The summed E-state index contributed by atoms with van der Waals surface area (Å²) in [5.41, 5.74) is 9.71. The lowest BCUT2D eigenvalue weighted by Crippen LogP contribution is -2.49. The fourth-order valence-electron chi connectivity index (χ4n) is 7.28. The second-order valence-corrected chi connectivity index (χ2v) is 12.0. The van der Waals surface area contributed by atoms with Crippen molar-refractivity contribution < 1.29 is 14.3 Å². The van der Waals surface area contributed by atoms with E-state index in [1.165, 1.54) is 0 Å². The number of aromatic nitrogens is 3. The van der Waals surface area contributed by atoms with E-state index in [1.54, 1.807) is 13.3 Å². The molecule has 1 aromatic carbocycles. The molecule has 0 spiro atoms. The number of allylic oxidation sites excluding steroid dienone is 1. The fourth-order valence-corrected chi connectivity index (χ4v) is 7.48. The van der Waals surface area contributed by atoms with Crippen molar-refractivity contribution >= 4 is 40.0 Å². The molecule has 7 rings (SSSR count). The first-order valence-corrected chi connectivity index (χ1v) is 14.9. The number of halogens is 1. The van der Waals surface area contributed by atoms with Gasteiger partial charge in [0, 0.05) is 50.0 Å². The lowest BCUT2D eigenvalue weighted by atomic mass is 9.88. The Morgan fingerprint density at radius 2 is 1.95 bits per heavy atom. The normalized spacial score (nSPS) is 26.6. The number of benzene rings is 1. The van der Waals surface area contributed by atoms with Crippen LogP contribution in [0.5, 0.6) is 5.75 Å². The van der Waals surface area contributed by atoms with E-state index >= 15 is 0 Å². The average Bonchev–Trinajstić information content (AvgIpc) is 3.74. The Hall–Kier alpha value is -3.34. The summed E-state index contributed by atoms with van der Waals surface area (Å²) in [6, 6.07) is 6.79. The standard InChI is InChI=1S/C30H36ClN7O3/c1-40-23-15-20(37-8-6-19(7-9-37)38-10-12-41-13-11-38)4-5-21(23)29-35-27-26(22(31)16-33-30(27)36-29)34-25-18-3-2-17(14-18)24(25)28(32)39/h2-5,15-19,24-25H,6-14H2,1H3,(H2,32,39)(H2,33,34,35,36)/t17-,18-,24+,25-/m0/s1. The molecule has 4 heterocycles. The number of carbonyl (C=O) groups excluding carboxylic acids is 1. The van der Waals surface area contributed by atoms with Crippen molar-refractivity contribution in [1.29, 1.82) is 0 Å². The molecule has 2 aliphatic heterocycles. The molecule has 2 saturated heterocycles. The maximum absolute atomic E-state index is 12.3. The summed E-state index contributed by atoms with van der Waals surface area (Å²) < 4.78 is 11.4. The van der Waals surface area contributed by atoms with Gasteiger partial charge in [-0.1, -0.05) is 23.8 Å². The molecule has 1 amide bonds. The molecule has 41 heavy (non-hydrogen) atoms. The molecule has 2 aliphatic carbocycles. The van der Waals surface area contributed by atoms with Gasteiger partial charge in [0.25, 0.3) is 0 Å². The number of hydrogen-bond donors (Lipinski definition) is 3. The second-order valence-electron chi connectivity index (χ2n) is 11.6. The molecule has 0 radical (unpaired) electrons. The Balaban J connectivity index is 1.13. The molecule has 216 valence electrons. The van der Waals surface area contributed by atoms with Crippen LogP contribution in [0.25, 0.3) is 22.6 Å². The van der Waals surface area contributed by atoms with Crippen LogP contribution in [-0.4, -0.2) is 84.3 Å². The SMILES string of the molecule is COc1cc(N2CCC(N3CCOCC3)CC2)ccc1-c1nc2ncc(Cl)c(N[C@@H]3[C@H](C(N)=O)[C@H]4C=C[C@H]3C4)c2[nH]1. The van der Waals surface area contributed by atoms with Gasteiger partial charge in [-0.05, 0) is 43.2 Å². The van der Waals surface area contributed by atoms with Gasteiger partial charge < -0.3 is 30.4 Å². The first kappa shape index (κ1) is 26.6. The Bertz CT molecular complexity index is 1480. The molecule has 3 fully saturated rings. The Kier molecular flexibility index (Phi) is 7.00. The van der Waals surface area contributed by atoms with Gasteiger partial charge in [-0.3, -0.25) is 9.69 Å². The monoisotopic (exact) mass is 577 g/mol. The van der Waals surface area contributed by atoms with E-state index in [0.717, 1.165) is 75.7 Å². The third kappa shape index (κ3) is 4.81. The quantitative estimate of drug-likeness (QED) is 0.364. The zero-order chi connectivity index (χ0) is 28.1. The van der Waals surface area contributed by atoms with E-state index in [-0.39, 0.29) is 29.7 Å². The fraction of sp³-hybridized carbons (Fsp3) is 0.500. The van der Waals surface area contributed by atoms with Crippen molar-refractivity contribution in [2.45, 2.75) is 31.3 Å². The predicted molar refractivity (Wildman–Crippen MR) is 159 cm³/mol. The number of anilines is 2. The number of carbonyl (C=O) groups is 1. The summed E-state index contributed by atoms with van der Waals surface area (Å²) in [6.07, 6.45) is 9.08. The van der Waals surface area contributed by atoms with Gasteiger partial charge >= 0.3 is 0 Å². The second kappa shape index (κ2) is 10.8. The van der Waals surface area contributed by atoms with Crippen molar-refractivity contribution in [2.75, 3.05) is 56.7 Å². The van der Waals surface area contributed by atoms with Crippen molar-refractivity contribution in [3.63, 3.8) is 0 Å². The van der Waals surface area contributed by atoms with E-state index in [0.29, 0.717) is 33.7 Å². The number of H-pyrrole nitrogens is 1. The van der Waals surface area contributed by atoms with Crippen LogP contribution in [0, 0.1) is 17.8 Å². The lowest BCUT2D eigenvalue weighted by Gasteiger charge is -2.40. The highest BCUT2D eigenvalue weighted by Gasteiger charge is 2.47. The van der Waals surface area contributed by atoms with Crippen LogP contribution >= 0.6 is 11.6 Å². The summed E-state index contributed by atoms with van der Waals surface area (Å²) in [7, 11) is 1.69. The number of primary amides is 1. The van der Waals surface area contributed by atoms with Gasteiger partial charge in [0.05, 0.1) is 48.7 Å². The minimum absolute atomic E-state index is 0.126. The summed E-state index contributed by atoms with van der Waals surface area (Å²) >= 11 is 6.65. The molecule has 2 aromatic heterocycles. The largest absolute Gasteiger partial charge is 0.496 e. The van der Waals surface area contributed by atoms with Gasteiger partial charge in [-0.2, -0.15) is 0 Å². The Labute approximate surface area is 244 Å². The van der Waals surface area contributed by atoms with Crippen molar-refractivity contribution in [3.05, 3.63) is 41.6 Å². The third-order valence-corrected chi connectivity index (χ3v) is 9.69. The predicted octanol–water partition coefficient (Wildman–Crippen LogP) is 3.68. The summed E-state index contributed by atoms with van der Waals surface area (Å²) in [6.45, 7) is 5.77. The lowest BCUT2D eigenvalue weighted by molar-refractivity contribution is -0.122. The minimum atomic E-state index is -0.291. The molecule has 4 atom stereocenters. The van der Waals surface area contributed by atoms with E-state index in [2.05, 4.69) is 55.4 Å². The number of imidazole rings is 1. The number of ether oxygens (including phenoxy) is 2. The highest BCUT2D eigenvalue weighted by molar-refractivity contribution is 6.34. The molecule has 4 aliphatic rings.